The highest BCUT2D eigenvalue weighted by Gasteiger charge is 2.12. The molecule has 0 bridgehead atoms. The maximum atomic E-state index is 13.4. The maximum Gasteiger partial charge on any atom is 0.137 e. The van der Waals surface area contributed by atoms with Crippen LogP contribution in [-0.2, 0) is 13.1 Å². The first kappa shape index (κ1) is 17.4. The first-order valence-electron chi connectivity index (χ1n) is 9.47. The lowest BCUT2D eigenvalue weighted by atomic mass is 10.1. The molecule has 0 saturated carbocycles. The SMILES string of the molecule is CCn1cc(-c2cnc3[nH]cc(-c4cnn(Cc5cccc(F)c5)c4)c3c2)cn1. The van der Waals surface area contributed by atoms with E-state index in [2.05, 4.69) is 33.2 Å². The van der Waals surface area contributed by atoms with Crippen LogP contribution in [0.3, 0.4) is 0 Å². The summed E-state index contributed by atoms with van der Waals surface area (Å²) in [6.45, 7) is 3.40. The zero-order chi connectivity index (χ0) is 19.8. The van der Waals surface area contributed by atoms with Gasteiger partial charge < -0.3 is 4.98 Å². The van der Waals surface area contributed by atoms with E-state index in [1.54, 1.807) is 6.07 Å². The summed E-state index contributed by atoms with van der Waals surface area (Å²) >= 11 is 0. The number of aromatic amines is 1. The zero-order valence-electron chi connectivity index (χ0n) is 15.9. The van der Waals surface area contributed by atoms with Gasteiger partial charge in [-0.25, -0.2) is 9.37 Å². The Morgan fingerprint density at radius 2 is 1.79 bits per heavy atom. The van der Waals surface area contributed by atoms with Crippen LogP contribution < -0.4 is 0 Å². The van der Waals surface area contributed by atoms with E-state index in [4.69, 9.17) is 0 Å². The molecule has 6 nitrogen and oxygen atoms in total. The lowest BCUT2D eigenvalue weighted by Crippen LogP contribution is -1.99. The molecular weight excluding hydrogens is 367 g/mol. The van der Waals surface area contributed by atoms with Crippen LogP contribution in [0.15, 0.2) is 67.5 Å². The van der Waals surface area contributed by atoms with Gasteiger partial charge in [-0.3, -0.25) is 9.36 Å². The number of halogens is 1. The van der Waals surface area contributed by atoms with E-state index in [0.717, 1.165) is 45.4 Å². The highest BCUT2D eigenvalue weighted by atomic mass is 19.1. The van der Waals surface area contributed by atoms with E-state index in [1.807, 2.05) is 52.6 Å². The minimum absolute atomic E-state index is 0.239. The summed E-state index contributed by atoms with van der Waals surface area (Å²) in [7, 11) is 0. The van der Waals surface area contributed by atoms with E-state index in [-0.39, 0.29) is 5.82 Å². The molecule has 5 aromatic rings. The molecule has 144 valence electrons. The van der Waals surface area contributed by atoms with Gasteiger partial charge in [0.1, 0.15) is 11.5 Å². The van der Waals surface area contributed by atoms with Crippen LogP contribution in [0.2, 0.25) is 0 Å². The Balaban J connectivity index is 1.48. The molecule has 1 N–H and O–H groups in total. The number of pyridine rings is 1. The number of nitrogens with zero attached hydrogens (tertiary/aromatic N) is 5. The first-order chi connectivity index (χ1) is 14.2. The predicted octanol–water partition coefficient (Wildman–Crippen LogP) is 4.50. The molecule has 4 heterocycles. The quantitative estimate of drug-likeness (QED) is 0.484. The second-order valence-electron chi connectivity index (χ2n) is 6.96. The topological polar surface area (TPSA) is 64.3 Å². The normalized spacial score (nSPS) is 11.4. The Hall–Kier alpha value is -3.74. The van der Waals surface area contributed by atoms with Crippen LogP contribution in [0, 0.1) is 5.82 Å². The van der Waals surface area contributed by atoms with Gasteiger partial charge in [0.2, 0.25) is 0 Å². The van der Waals surface area contributed by atoms with Gasteiger partial charge in [0.05, 0.1) is 18.9 Å². The van der Waals surface area contributed by atoms with Crippen LogP contribution >= 0.6 is 0 Å². The fourth-order valence-electron chi connectivity index (χ4n) is 3.50. The largest absolute Gasteiger partial charge is 0.346 e. The molecule has 0 aliphatic carbocycles. The third-order valence-electron chi connectivity index (χ3n) is 5.00. The summed E-state index contributed by atoms with van der Waals surface area (Å²) in [4.78, 5) is 7.79. The highest BCUT2D eigenvalue weighted by molar-refractivity contribution is 5.95. The van der Waals surface area contributed by atoms with Crippen molar-refractivity contribution in [2.75, 3.05) is 0 Å². The molecule has 0 unspecified atom stereocenters. The van der Waals surface area contributed by atoms with Crippen LogP contribution in [-0.4, -0.2) is 29.5 Å². The monoisotopic (exact) mass is 386 g/mol. The third kappa shape index (κ3) is 3.31. The molecule has 29 heavy (non-hydrogen) atoms. The predicted molar refractivity (Wildman–Crippen MR) is 110 cm³/mol. The molecule has 1 aromatic carbocycles. The maximum absolute atomic E-state index is 13.4. The Bertz CT molecular complexity index is 1300. The molecule has 0 aliphatic heterocycles. The number of benzene rings is 1. The fourth-order valence-corrected chi connectivity index (χ4v) is 3.50. The summed E-state index contributed by atoms with van der Waals surface area (Å²) in [5.41, 5.74) is 5.76. The number of nitrogens with one attached hydrogen (secondary N) is 1. The Kier molecular flexibility index (Phi) is 4.20. The van der Waals surface area contributed by atoms with E-state index in [0.29, 0.717) is 6.54 Å². The van der Waals surface area contributed by atoms with E-state index in [1.165, 1.54) is 12.1 Å². The summed E-state index contributed by atoms with van der Waals surface area (Å²) in [5, 5.41) is 9.82. The molecule has 0 aliphatic rings. The van der Waals surface area contributed by atoms with Gasteiger partial charge in [-0.1, -0.05) is 12.1 Å². The van der Waals surface area contributed by atoms with Crippen LogP contribution in [0.1, 0.15) is 12.5 Å². The zero-order valence-corrected chi connectivity index (χ0v) is 15.9. The van der Waals surface area contributed by atoms with Gasteiger partial charge in [-0.15, -0.1) is 0 Å². The second-order valence-corrected chi connectivity index (χ2v) is 6.96. The molecule has 0 spiro atoms. The standard InChI is InChI=1S/C22H19FN6/c1-2-28-13-17(9-26-28)16-7-20-21(11-25-22(20)24-8-16)18-10-27-29(14-18)12-15-4-3-5-19(23)6-15/h3-11,13-14H,2,12H2,1H3,(H,24,25). The molecular formula is C22H19FN6. The summed E-state index contributed by atoms with van der Waals surface area (Å²) < 4.78 is 17.1. The van der Waals surface area contributed by atoms with Crippen molar-refractivity contribution >= 4 is 11.0 Å². The van der Waals surface area contributed by atoms with Gasteiger partial charge in [-0.05, 0) is 30.7 Å². The molecule has 0 radical (unpaired) electrons. The number of aryl methyl sites for hydroxylation is 1. The van der Waals surface area contributed by atoms with E-state index < -0.39 is 0 Å². The third-order valence-corrected chi connectivity index (χ3v) is 5.00. The van der Waals surface area contributed by atoms with E-state index >= 15 is 0 Å². The molecule has 0 saturated heterocycles. The minimum Gasteiger partial charge on any atom is -0.346 e. The van der Waals surface area contributed by atoms with Crippen LogP contribution in [0.5, 0.6) is 0 Å². The van der Waals surface area contributed by atoms with Gasteiger partial charge in [0.15, 0.2) is 0 Å². The van der Waals surface area contributed by atoms with Crippen molar-refractivity contribution in [2.45, 2.75) is 20.0 Å². The summed E-state index contributed by atoms with van der Waals surface area (Å²) in [6, 6.07) is 8.69. The molecule has 4 aromatic heterocycles. The van der Waals surface area contributed by atoms with E-state index in [9.17, 15) is 4.39 Å². The number of fused-ring (bicyclic) bond motifs is 1. The number of hydrogen-bond acceptors (Lipinski definition) is 3. The number of H-pyrrole nitrogens is 1. The second kappa shape index (κ2) is 7.01. The lowest BCUT2D eigenvalue weighted by Gasteiger charge is -2.02. The molecule has 7 heteroatoms. The van der Waals surface area contributed by atoms with Crippen LogP contribution in [0.4, 0.5) is 4.39 Å². The van der Waals surface area contributed by atoms with Crippen molar-refractivity contribution in [1.82, 2.24) is 29.5 Å². The molecule has 0 atom stereocenters. The molecule has 0 fully saturated rings. The Morgan fingerprint density at radius 3 is 2.62 bits per heavy atom. The van der Waals surface area contributed by atoms with Crippen molar-refractivity contribution in [2.24, 2.45) is 0 Å². The lowest BCUT2D eigenvalue weighted by molar-refractivity contribution is 0.619. The average Bonchev–Trinajstić information content (AvgIpc) is 3.46. The average molecular weight is 386 g/mol. The number of hydrogen-bond donors (Lipinski definition) is 1. The Morgan fingerprint density at radius 1 is 0.966 bits per heavy atom. The number of rotatable bonds is 5. The molecule has 5 rings (SSSR count). The van der Waals surface area contributed by atoms with Gasteiger partial charge in [0, 0.05) is 59.0 Å². The fraction of sp³-hybridized carbons (Fsp3) is 0.136. The van der Waals surface area contributed by atoms with Gasteiger partial charge in [0.25, 0.3) is 0 Å². The van der Waals surface area contributed by atoms with Crippen molar-refractivity contribution in [3.63, 3.8) is 0 Å². The summed E-state index contributed by atoms with van der Waals surface area (Å²) in [5.74, 6) is -0.239. The van der Waals surface area contributed by atoms with Crippen molar-refractivity contribution in [3.05, 3.63) is 78.9 Å². The van der Waals surface area contributed by atoms with Gasteiger partial charge in [-0.2, -0.15) is 10.2 Å². The summed E-state index contributed by atoms with van der Waals surface area (Å²) in [6.07, 6.45) is 11.5. The van der Waals surface area contributed by atoms with Crippen LogP contribution in [0.25, 0.3) is 33.3 Å². The first-order valence-corrected chi connectivity index (χ1v) is 9.47. The minimum atomic E-state index is -0.239. The van der Waals surface area contributed by atoms with Crippen molar-refractivity contribution in [1.29, 1.82) is 0 Å². The van der Waals surface area contributed by atoms with Crippen molar-refractivity contribution in [3.8, 4) is 22.3 Å². The molecule has 0 amide bonds. The highest BCUT2D eigenvalue weighted by Crippen LogP contribution is 2.30. The number of aromatic nitrogens is 6. The van der Waals surface area contributed by atoms with Gasteiger partial charge >= 0.3 is 0 Å². The van der Waals surface area contributed by atoms with Crippen molar-refractivity contribution < 1.29 is 4.39 Å². The smallest absolute Gasteiger partial charge is 0.137 e. The Labute approximate surface area is 166 Å².